The van der Waals surface area contributed by atoms with Crippen molar-refractivity contribution in [2.45, 2.75) is 95.9 Å². The largest absolute Gasteiger partial charge is 0.457 e. The first kappa shape index (κ1) is 22.4. The smallest absolute Gasteiger partial charge is 0.303 e. The number of aliphatic hydroxyl groups excluding tert-OH is 2. The first-order chi connectivity index (χ1) is 13.1. The highest BCUT2D eigenvalue weighted by atomic mass is 16.6. The summed E-state index contributed by atoms with van der Waals surface area (Å²) in [5.41, 5.74) is -7.00. The van der Waals surface area contributed by atoms with Crippen LogP contribution in [0.2, 0.25) is 0 Å². The maximum atomic E-state index is 13.6. The zero-order chi connectivity index (χ0) is 22.2. The lowest BCUT2D eigenvalue weighted by Crippen LogP contribution is -2.86. The minimum atomic E-state index is -2.18. The molecule has 3 fully saturated rings. The Morgan fingerprint density at radius 1 is 1.24 bits per heavy atom. The second-order valence-corrected chi connectivity index (χ2v) is 10.4. The van der Waals surface area contributed by atoms with Crippen LogP contribution >= 0.6 is 0 Å². The van der Waals surface area contributed by atoms with Crippen molar-refractivity contribution in [1.82, 2.24) is 0 Å². The summed E-state index contributed by atoms with van der Waals surface area (Å²) in [6, 6.07) is 0. The molecule has 3 N–H and O–H groups in total. The van der Waals surface area contributed by atoms with Crippen LogP contribution in [0.5, 0.6) is 0 Å². The Bertz CT molecular complexity index is 747. The maximum absolute atomic E-state index is 13.6. The first-order valence-corrected chi connectivity index (χ1v) is 10.2. The van der Waals surface area contributed by atoms with Gasteiger partial charge in [-0.15, -0.1) is 6.58 Å². The van der Waals surface area contributed by atoms with Crippen LogP contribution in [0.4, 0.5) is 0 Å². The molecular formula is C22H34O7. The van der Waals surface area contributed by atoms with E-state index in [-0.39, 0.29) is 6.42 Å². The van der Waals surface area contributed by atoms with Crippen molar-refractivity contribution in [3.05, 3.63) is 12.7 Å². The molecular weight excluding hydrogens is 376 g/mol. The fourth-order valence-corrected chi connectivity index (χ4v) is 6.66. The summed E-state index contributed by atoms with van der Waals surface area (Å²) >= 11 is 0. The van der Waals surface area contributed by atoms with E-state index in [1.807, 2.05) is 13.8 Å². The third-order valence-electron chi connectivity index (χ3n) is 8.02. The van der Waals surface area contributed by atoms with Crippen LogP contribution in [0, 0.1) is 16.7 Å². The van der Waals surface area contributed by atoms with Crippen LogP contribution in [0.3, 0.4) is 0 Å². The van der Waals surface area contributed by atoms with E-state index < -0.39 is 63.6 Å². The molecule has 0 spiro atoms. The van der Waals surface area contributed by atoms with Gasteiger partial charge in [-0.1, -0.05) is 26.8 Å². The van der Waals surface area contributed by atoms with Gasteiger partial charge in [0, 0.05) is 24.7 Å². The molecule has 1 aliphatic heterocycles. The van der Waals surface area contributed by atoms with Gasteiger partial charge in [-0.3, -0.25) is 9.59 Å². The molecule has 0 amide bonds. The average molecular weight is 411 g/mol. The van der Waals surface area contributed by atoms with Gasteiger partial charge >= 0.3 is 5.97 Å². The number of esters is 1. The normalized spacial score (nSPS) is 51.6. The van der Waals surface area contributed by atoms with Crippen LogP contribution in [-0.2, 0) is 19.1 Å². The van der Waals surface area contributed by atoms with E-state index in [2.05, 4.69) is 6.58 Å². The summed E-state index contributed by atoms with van der Waals surface area (Å²) in [6.07, 6.45) is -1.29. The predicted octanol–water partition coefficient (Wildman–Crippen LogP) is 1.52. The molecule has 0 bridgehead atoms. The van der Waals surface area contributed by atoms with Crippen molar-refractivity contribution >= 4 is 11.8 Å². The molecule has 3 rings (SSSR count). The zero-order valence-electron chi connectivity index (χ0n) is 18.2. The van der Waals surface area contributed by atoms with Crippen molar-refractivity contribution in [1.29, 1.82) is 0 Å². The molecule has 1 heterocycles. The van der Waals surface area contributed by atoms with Gasteiger partial charge in [0.2, 0.25) is 0 Å². The van der Waals surface area contributed by atoms with Crippen LogP contribution in [0.25, 0.3) is 0 Å². The molecule has 3 aliphatic rings. The van der Waals surface area contributed by atoms with E-state index in [1.54, 1.807) is 13.8 Å². The van der Waals surface area contributed by atoms with Gasteiger partial charge < -0.3 is 24.8 Å². The Balaban J connectivity index is 2.33. The van der Waals surface area contributed by atoms with Gasteiger partial charge in [0.1, 0.15) is 5.60 Å². The van der Waals surface area contributed by atoms with Crippen molar-refractivity contribution in [2.24, 2.45) is 16.7 Å². The summed E-state index contributed by atoms with van der Waals surface area (Å²) in [5.74, 6) is -1.87. The summed E-state index contributed by atoms with van der Waals surface area (Å²) in [7, 11) is 0. The Morgan fingerprint density at radius 3 is 2.34 bits per heavy atom. The third kappa shape index (κ3) is 2.63. The minimum Gasteiger partial charge on any atom is -0.457 e. The van der Waals surface area contributed by atoms with E-state index in [0.717, 1.165) is 0 Å². The summed E-state index contributed by atoms with van der Waals surface area (Å²) in [4.78, 5) is 25.5. The quantitative estimate of drug-likeness (QED) is 0.467. The van der Waals surface area contributed by atoms with Gasteiger partial charge in [0.15, 0.2) is 17.5 Å². The average Bonchev–Trinajstić information content (AvgIpc) is 2.59. The van der Waals surface area contributed by atoms with E-state index >= 15 is 0 Å². The SMILES string of the molecule is C=C[C@@]1(C)CC(=O)[C@@]2(O)C(C)(O1)[C@@H](OC(C)=O)C(O)C1C(C)(C)CC[C@H](O)C12C. The number of fused-ring (bicyclic) bond motifs is 3. The predicted molar refractivity (Wildman–Crippen MR) is 105 cm³/mol. The van der Waals surface area contributed by atoms with Gasteiger partial charge in [-0.05, 0) is 32.1 Å². The second kappa shape index (κ2) is 6.36. The van der Waals surface area contributed by atoms with Crippen molar-refractivity contribution in [3.63, 3.8) is 0 Å². The highest BCUT2D eigenvalue weighted by Gasteiger charge is 2.81. The van der Waals surface area contributed by atoms with Crippen LogP contribution in [0.15, 0.2) is 12.7 Å². The lowest BCUT2D eigenvalue weighted by molar-refractivity contribution is -0.370. The fraction of sp³-hybridized carbons (Fsp3) is 0.818. The number of carbonyl (C=O) groups is 2. The molecule has 0 aromatic carbocycles. The van der Waals surface area contributed by atoms with Crippen LogP contribution in [0.1, 0.15) is 60.8 Å². The number of ether oxygens (including phenoxy) is 2. The summed E-state index contributed by atoms with van der Waals surface area (Å²) < 4.78 is 11.8. The molecule has 2 aliphatic carbocycles. The Labute approximate surface area is 172 Å². The summed E-state index contributed by atoms with van der Waals surface area (Å²) in [5, 5.41) is 34.7. The highest BCUT2D eigenvalue weighted by Crippen LogP contribution is 2.66. The lowest BCUT2D eigenvalue weighted by atomic mass is 9.40. The van der Waals surface area contributed by atoms with E-state index in [0.29, 0.717) is 12.8 Å². The van der Waals surface area contributed by atoms with Gasteiger partial charge in [-0.25, -0.2) is 0 Å². The van der Waals surface area contributed by atoms with Gasteiger partial charge in [0.05, 0.1) is 17.8 Å². The monoisotopic (exact) mass is 410 g/mol. The lowest BCUT2D eigenvalue weighted by Gasteiger charge is -2.71. The van der Waals surface area contributed by atoms with E-state index in [9.17, 15) is 24.9 Å². The molecule has 0 radical (unpaired) electrons. The Morgan fingerprint density at radius 2 is 1.83 bits per heavy atom. The molecule has 0 aromatic rings. The Hall–Kier alpha value is -1.28. The second-order valence-electron chi connectivity index (χ2n) is 10.4. The molecule has 8 atom stereocenters. The number of ketones is 1. The molecule has 2 saturated carbocycles. The van der Waals surface area contributed by atoms with E-state index in [4.69, 9.17) is 9.47 Å². The molecule has 4 unspecified atom stereocenters. The number of hydrogen-bond donors (Lipinski definition) is 3. The first-order valence-electron chi connectivity index (χ1n) is 10.2. The molecule has 29 heavy (non-hydrogen) atoms. The van der Waals surface area contributed by atoms with Crippen LogP contribution in [-0.4, -0.2) is 62.2 Å². The number of aliphatic hydroxyl groups is 3. The van der Waals surface area contributed by atoms with Gasteiger partial charge in [-0.2, -0.15) is 0 Å². The van der Waals surface area contributed by atoms with Crippen molar-refractivity contribution in [2.75, 3.05) is 0 Å². The topological polar surface area (TPSA) is 113 Å². The zero-order valence-corrected chi connectivity index (χ0v) is 18.2. The number of rotatable bonds is 2. The molecule has 7 heteroatoms. The highest BCUT2D eigenvalue weighted by molar-refractivity contribution is 5.92. The minimum absolute atomic E-state index is 0.138. The molecule has 1 saturated heterocycles. The van der Waals surface area contributed by atoms with Crippen molar-refractivity contribution in [3.8, 4) is 0 Å². The van der Waals surface area contributed by atoms with E-state index in [1.165, 1.54) is 19.9 Å². The maximum Gasteiger partial charge on any atom is 0.303 e. The molecule has 0 aromatic heterocycles. The molecule has 7 nitrogen and oxygen atoms in total. The van der Waals surface area contributed by atoms with Crippen LogP contribution < -0.4 is 0 Å². The van der Waals surface area contributed by atoms with Crippen molar-refractivity contribution < 1.29 is 34.4 Å². The number of hydrogen-bond acceptors (Lipinski definition) is 7. The standard InChI is InChI=1S/C22H34O7/c1-8-19(5)11-14(25)22(27)20(6)13(24)9-10-18(3,4)16(20)15(26)17(28-12(2)23)21(22,7)29-19/h8,13,15-17,24,26-27H,1,9-11H2,2-7H3/t13-,15?,16?,17-,19-,20?,21?,22-/m0/s1. The van der Waals surface area contributed by atoms with Gasteiger partial charge in [0.25, 0.3) is 0 Å². The number of Topliss-reactive ketones (excluding diaryl/α,β-unsaturated/α-hetero) is 1. The number of carbonyl (C=O) groups excluding carboxylic acids is 2. The molecule has 164 valence electrons. The summed E-state index contributed by atoms with van der Waals surface area (Å²) in [6.45, 7) is 13.6. The Kier molecular flexibility index (Phi) is 4.91. The fourth-order valence-electron chi connectivity index (χ4n) is 6.66. The third-order valence-corrected chi connectivity index (χ3v) is 8.02.